The van der Waals surface area contributed by atoms with Crippen LogP contribution in [0.25, 0.3) is 0 Å². The summed E-state index contributed by atoms with van der Waals surface area (Å²) in [7, 11) is 0. The summed E-state index contributed by atoms with van der Waals surface area (Å²) in [5, 5.41) is 12.6. The van der Waals surface area contributed by atoms with Crippen molar-refractivity contribution in [2.45, 2.75) is 6.61 Å². The SMILES string of the molecule is Nc1ccc([N+](=O)[O-])c(OCc2cccs2)n1. The number of nitrogens with zero attached hydrogens (tertiary/aromatic N) is 2. The summed E-state index contributed by atoms with van der Waals surface area (Å²) < 4.78 is 5.30. The van der Waals surface area contributed by atoms with Gasteiger partial charge in [-0.05, 0) is 17.5 Å². The van der Waals surface area contributed by atoms with E-state index < -0.39 is 4.92 Å². The molecule has 2 heterocycles. The van der Waals surface area contributed by atoms with Gasteiger partial charge in [0.05, 0.1) is 4.92 Å². The molecule has 0 radical (unpaired) electrons. The Morgan fingerprint density at radius 1 is 1.47 bits per heavy atom. The lowest BCUT2D eigenvalue weighted by atomic mass is 10.4. The van der Waals surface area contributed by atoms with E-state index in [-0.39, 0.29) is 24.0 Å². The molecule has 0 aliphatic carbocycles. The van der Waals surface area contributed by atoms with Crippen molar-refractivity contribution in [2.75, 3.05) is 5.73 Å². The van der Waals surface area contributed by atoms with Crippen LogP contribution in [0, 0.1) is 10.1 Å². The first-order chi connectivity index (χ1) is 8.16. The van der Waals surface area contributed by atoms with Gasteiger partial charge < -0.3 is 10.5 Å². The molecule has 0 spiro atoms. The molecule has 0 unspecified atom stereocenters. The molecular weight excluding hydrogens is 242 g/mol. The van der Waals surface area contributed by atoms with Crippen molar-refractivity contribution in [3.63, 3.8) is 0 Å². The zero-order valence-electron chi connectivity index (χ0n) is 8.70. The molecule has 2 aromatic heterocycles. The number of hydrogen-bond acceptors (Lipinski definition) is 6. The van der Waals surface area contributed by atoms with E-state index in [1.54, 1.807) is 0 Å². The second kappa shape index (κ2) is 4.79. The van der Waals surface area contributed by atoms with Gasteiger partial charge in [0, 0.05) is 10.9 Å². The summed E-state index contributed by atoms with van der Waals surface area (Å²) in [5.74, 6) is 0.139. The number of nitrogen functional groups attached to an aromatic ring is 1. The number of nitrogens with two attached hydrogens (primary N) is 1. The number of nitro groups is 1. The van der Waals surface area contributed by atoms with E-state index >= 15 is 0 Å². The first-order valence-corrected chi connectivity index (χ1v) is 5.61. The fourth-order valence-electron chi connectivity index (χ4n) is 1.23. The van der Waals surface area contributed by atoms with E-state index in [0.717, 1.165) is 4.88 Å². The number of pyridine rings is 1. The highest BCUT2D eigenvalue weighted by atomic mass is 32.1. The Bertz CT molecular complexity index is 528. The van der Waals surface area contributed by atoms with E-state index in [1.807, 2.05) is 17.5 Å². The van der Waals surface area contributed by atoms with Crippen molar-refractivity contribution in [1.29, 1.82) is 0 Å². The molecule has 0 aliphatic heterocycles. The molecule has 2 aromatic rings. The van der Waals surface area contributed by atoms with Gasteiger partial charge in [0.2, 0.25) is 0 Å². The third-order valence-electron chi connectivity index (χ3n) is 1.99. The molecule has 0 saturated heterocycles. The molecule has 2 rings (SSSR count). The van der Waals surface area contributed by atoms with Crippen LogP contribution in [0.1, 0.15) is 4.88 Å². The van der Waals surface area contributed by atoms with Gasteiger partial charge in [-0.15, -0.1) is 11.3 Å². The summed E-state index contributed by atoms with van der Waals surface area (Å²) in [6, 6.07) is 6.41. The summed E-state index contributed by atoms with van der Waals surface area (Å²) >= 11 is 1.51. The maximum Gasteiger partial charge on any atom is 0.331 e. The van der Waals surface area contributed by atoms with Crippen molar-refractivity contribution in [3.05, 3.63) is 44.6 Å². The van der Waals surface area contributed by atoms with Crippen LogP contribution in [0.5, 0.6) is 5.88 Å². The molecule has 17 heavy (non-hydrogen) atoms. The minimum absolute atomic E-state index is 0.0524. The maximum absolute atomic E-state index is 10.7. The molecule has 0 aliphatic rings. The van der Waals surface area contributed by atoms with Crippen LogP contribution >= 0.6 is 11.3 Å². The zero-order valence-corrected chi connectivity index (χ0v) is 9.52. The number of anilines is 1. The Labute approximate surface area is 101 Å². The molecule has 0 aromatic carbocycles. The molecule has 0 bridgehead atoms. The van der Waals surface area contributed by atoms with E-state index in [9.17, 15) is 10.1 Å². The van der Waals surface area contributed by atoms with E-state index in [0.29, 0.717) is 0 Å². The first-order valence-electron chi connectivity index (χ1n) is 4.73. The van der Waals surface area contributed by atoms with Gasteiger partial charge in [-0.3, -0.25) is 10.1 Å². The Balaban J connectivity index is 2.19. The number of thiophene rings is 1. The second-order valence-electron chi connectivity index (χ2n) is 3.19. The predicted octanol–water partition coefficient (Wildman–Crippen LogP) is 2.21. The zero-order chi connectivity index (χ0) is 12.3. The molecule has 0 saturated carbocycles. The summed E-state index contributed by atoms with van der Waals surface area (Å²) in [5.41, 5.74) is 5.28. The lowest BCUT2D eigenvalue weighted by Gasteiger charge is -2.04. The minimum atomic E-state index is -0.545. The van der Waals surface area contributed by atoms with E-state index in [2.05, 4.69) is 4.98 Å². The lowest BCUT2D eigenvalue weighted by Crippen LogP contribution is -2.02. The van der Waals surface area contributed by atoms with Crippen molar-refractivity contribution in [1.82, 2.24) is 4.98 Å². The minimum Gasteiger partial charge on any atom is -0.467 e. The number of aromatic nitrogens is 1. The molecule has 0 fully saturated rings. The van der Waals surface area contributed by atoms with Crippen molar-refractivity contribution in [3.8, 4) is 5.88 Å². The Morgan fingerprint density at radius 3 is 2.94 bits per heavy atom. The highest BCUT2D eigenvalue weighted by Gasteiger charge is 2.17. The van der Waals surface area contributed by atoms with Gasteiger partial charge in [-0.1, -0.05) is 6.07 Å². The highest BCUT2D eigenvalue weighted by molar-refractivity contribution is 7.09. The van der Waals surface area contributed by atoms with E-state index in [4.69, 9.17) is 10.5 Å². The van der Waals surface area contributed by atoms with Crippen LogP contribution in [0.3, 0.4) is 0 Å². The predicted molar refractivity (Wildman–Crippen MR) is 64.0 cm³/mol. The Hall–Kier alpha value is -2.15. The molecule has 0 amide bonds. The van der Waals surface area contributed by atoms with Crippen LogP contribution in [-0.2, 0) is 6.61 Å². The molecule has 7 heteroatoms. The maximum atomic E-state index is 10.7. The van der Waals surface area contributed by atoms with Gasteiger partial charge in [0.25, 0.3) is 5.88 Å². The summed E-state index contributed by atoms with van der Waals surface area (Å²) in [6.07, 6.45) is 0. The number of ether oxygens (including phenoxy) is 1. The van der Waals surface area contributed by atoms with Crippen molar-refractivity contribution >= 4 is 22.8 Å². The van der Waals surface area contributed by atoms with Crippen LogP contribution in [0.2, 0.25) is 0 Å². The average molecular weight is 251 g/mol. The van der Waals surface area contributed by atoms with Crippen LogP contribution in [-0.4, -0.2) is 9.91 Å². The number of rotatable bonds is 4. The van der Waals surface area contributed by atoms with Gasteiger partial charge in [0.1, 0.15) is 12.4 Å². The smallest absolute Gasteiger partial charge is 0.331 e. The van der Waals surface area contributed by atoms with Crippen LogP contribution in [0.4, 0.5) is 11.5 Å². The second-order valence-corrected chi connectivity index (χ2v) is 4.22. The van der Waals surface area contributed by atoms with Crippen molar-refractivity contribution in [2.24, 2.45) is 0 Å². The summed E-state index contributed by atoms with van der Waals surface area (Å²) in [6.45, 7) is 0.245. The van der Waals surface area contributed by atoms with Gasteiger partial charge in [0.15, 0.2) is 0 Å². The van der Waals surface area contributed by atoms with Gasteiger partial charge >= 0.3 is 5.69 Å². The van der Waals surface area contributed by atoms with Crippen LogP contribution in [0.15, 0.2) is 29.6 Å². The first kappa shape index (κ1) is 11.3. The molecule has 2 N–H and O–H groups in total. The fraction of sp³-hybridized carbons (Fsp3) is 0.100. The topological polar surface area (TPSA) is 91.3 Å². The third kappa shape index (κ3) is 2.70. The Morgan fingerprint density at radius 2 is 2.29 bits per heavy atom. The van der Waals surface area contributed by atoms with Gasteiger partial charge in [-0.2, -0.15) is 4.98 Å². The number of hydrogen-bond donors (Lipinski definition) is 1. The lowest BCUT2D eigenvalue weighted by molar-refractivity contribution is -0.386. The quantitative estimate of drug-likeness (QED) is 0.664. The van der Waals surface area contributed by atoms with E-state index in [1.165, 1.54) is 23.5 Å². The highest BCUT2D eigenvalue weighted by Crippen LogP contribution is 2.26. The standard InChI is InChI=1S/C10H9N3O3S/c11-9-4-3-8(13(14)15)10(12-9)16-6-7-2-1-5-17-7/h1-5H,6H2,(H2,11,12). The summed E-state index contributed by atoms with van der Waals surface area (Å²) in [4.78, 5) is 15.0. The van der Waals surface area contributed by atoms with Crippen LogP contribution < -0.4 is 10.5 Å². The molecule has 6 nitrogen and oxygen atoms in total. The normalized spacial score (nSPS) is 10.1. The van der Waals surface area contributed by atoms with Gasteiger partial charge in [-0.25, -0.2) is 0 Å². The molecule has 0 atom stereocenters. The van der Waals surface area contributed by atoms with Crippen molar-refractivity contribution < 1.29 is 9.66 Å². The largest absolute Gasteiger partial charge is 0.467 e. The molecule has 88 valence electrons. The average Bonchev–Trinajstić information content (AvgIpc) is 2.78. The molecular formula is C10H9N3O3S. The third-order valence-corrected chi connectivity index (χ3v) is 2.84. The fourth-order valence-corrected chi connectivity index (χ4v) is 1.84. The Kier molecular flexibility index (Phi) is 3.20. The monoisotopic (exact) mass is 251 g/mol.